The molecule has 2 rings (SSSR count). The number of nitrogens with zero attached hydrogens (tertiary/aromatic N) is 1. The lowest BCUT2D eigenvalue weighted by molar-refractivity contribution is 0.100. The number of carbonyl (C=O) groups excluding carboxylic acids is 2. The lowest BCUT2D eigenvalue weighted by Gasteiger charge is -2.10. The van der Waals surface area contributed by atoms with E-state index >= 15 is 0 Å². The highest BCUT2D eigenvalue weighted by molar-refractivity contribution is 6.09. The van der Waals surface area contributed by atoms with Gasteiger partial charge < -0.3 is 11.1 Å². The van der Waals surface area contributed by atoms with Crippen LogP contribution in [0, 0.1) is 6.92 Å². The summed E-state index contributed by atoms with van der Waals surface area (Å²) in [6.45, 7) is 1.76. The predicted molar refractivity (Wildman–Crippen MR) is 71.9 cm³/mol. The van der Waals surface area contributed by atoms with E-state index in [4.69, 9.17) is 5.73 Å². The normalized spacial score (nSPS) is 9.95. The van der Waals surface area contributed by atoms with Crippen molar-refractivity contribution in [2.24, 2.45) is 5.73 Å². The van der Waals surface area contributed by atoms with E-state index in [9.17, 15) is 9.59 Å². The third kappa shape index (κ3) is 2.77. The van der Waals surface area contributed by atoms with Crippen molar-refractivity contribution >= 4 is 17.5 Å². The van der Waals surface area contributed by atoms with E-state index in [0.29, 0.717) is 16.8 Å². The summed E-state index contributed by atoms with van der Waals surface area (Å²) in [6.07, 6.45) is 3.04. The van der Waals surface area contributed by atoms with E-state index in [1.54, 1.807) is 43.5 Å². The zero-order valence-electron chi connectivity index (χ0n) is 10.4. The number of anilines is 1. The minimum atomic E-state index is -0.570. The van der Waals surface area contributed by atoms with Gasteiger partial charge in [-0.25, -0.2) is 0 Å². The molecule has 1 aromatic carbocycles. The number of primary amides is 1. The molecule has 0 aliphatic heterocycles. The highest BCUT2D eigenvalue weighted by Crippen LogP contribution is 2.19. The Balaban J connectivity index is 2.32. The fraction of sp³-hybridized carbons (Fsp3) is 0.0714. The first kappa shape index (κ1) is 12.8. The fourth-order valence-corrected chi connectivity index (χ4v) is 1.79. The molecule has 0 fully saturated rings. The maximum atomic E-state index is 12.0. The Morgan fingerprint density at radius 1 is 1.21 bits per heavy atom. The number of pyridine rings is 1. The summed E-state index contributed by atoms with van der Waals surface area (Å²) in [4.78, 5) is 27.3. The van der Waals surface area contributed by atoms with Crippen molar-refractivity contribution in [3.05, 3.63) is 59.4 Å². The lowest BCUT2D eigenvalue weighted by atomic mass is 10.1. The molecule has 1 aromatic heterocycles. The Labute approximate surface area is 110 Å². The molecule has 5 heteroatoms. The SMILES string of the molecule is Cc1cccc(NC(=O)c2cccnc2)c1C(N)=O. The second-order valence-corrected chi connectivity index (χ2v) is 4.06. The summed E-state index contributed by atoms with van der Waals surface area (Å²) in [6, 6.07) is 8.46. The van der Waals surface area contributed by atoms with Crippen LogP contribution in [-0.4, -0.2) is 16.8 Å². The van der Waals surface area contributed by atoms with Gasteiger partial charge in [0, 0.05) is 12.4 Å². The number of hydrogen-bond acceptors (Lipinski definition) is 3. The third-order valence-electron chi connectivity index (χ3n) is 2.69. The van der Waals surface area contributed by atoms with Gasteiger partial charge in [-0.05, 0) is 30.7 Å². The Bertz CT molecular complexity index is 624. The number of nitrogens with one attached hydrogen (secondary N) is 1. The van der Waals surface area contributed by atoms with E-state index in [1.807, 2.05) is 0 Å². The number of amides is 2. The van der Waals surface area contributed by atoms with Crippen LogP contribution in [0.1, 0.15) is 26.3 Å². The molecule has 2 amide bonds. The molecule has 0 saturated carbocycles. The van der Waals surface area contributed by atoms with Crippen LogP contribution in [-0.2, 0) is 0 Å². The Morgan fingerprint density at radius 3 is 2.63 bits per heavy atom. The van der Waals surface area contributed by atoms with Crippen molar-refractivity contribution in [2.45, 2.75) is 6.92 Å². The molecule has 0 atom stereocenters. The van der Waals surface area contributed by atoms with E-state index in [2.05, 4.69) is 10.3 Å². The first-order chi connectivity index (χ1) is 9.09. The highest BCUT2D eigenvalue weighted by atomic mass is 16.2. The van der Waals surface area contributed by atoms with Gasteiger partial charge in [-0.15, -0.1) is 0 Å². The quantitative estimate of drug-likeness (QED) is 0.876. The average Bonchev–Trinajstić information content (AvgIpc) is 2.39. The molecule has 3 N–H and O–H groups in total. The summed E-state index contributed by atoms with van der Waals surface area (Å²) in [5.74, 6) is -0.902. The van der Waals surface area contributed by atoms with Gasteiger partial charge >= 0.3 is 0 Å². The van der Waals surface area contributed by atoms with Gasteiger partial charge in [-0.2, -0.15) is 0 Å². The molecule has 0 saturated heterocycles. The number of hydrogen-bond donors (Lipinski definition) is 2. The number of nitrogens with two attached hydrogens (primary N) is 1. The van der Waals surface area contributed by atoms with Crippen LogP contribution in [0.3, 0.4) is 0 Å². The minimum absolute atomic E-state index is 0.319. The standard InChI is InChI=1S/C14H13N3O2/c1-9-4-2-6-11(12(9)13(15)18)17-14(19)10-5-3-7-16-8-10/h2-8H,1H3,(H2,15,18)(H,17,19). The Hall–Kier alpha value is -2.69. The van der Waals surface area contributed by atoms with Gasteiger partial charge in [0.25, 0.3) is 11.8 Å². The van der Waals surface area contributed by atoms with E-state index < -0.39 is 5.91 Å². The van der Waals surface area contributed by atoms with Gasteiger partial charge in [0.2, 0.25) is 0 Å². The van der Waals surface area contributed by atoms with E-state index in [1.165, 1.54) is 6.20 Å². The first-order valence-electron chi connectivity index (χ1n) is 5.70. The van der Waals surface area contributed by atoms with Crippen molar-refractivity contribution in [2.75, 3.05) is 5.32 Å². The highest BCUT2D eigenvalue weighted by Gasteiger charge is 2.14. The molecule has 5 nitrogen and oxygen atoms in total. The van der Waals surface area contributed by atoms with Gasteiger partial charge in [0.15, 0.2) is 0 Å². The lowest BCUT2D eigenvalue weighted by Crippen LogP contribution is -2.19. The summed E-state index contributed by atoms with van der Waals surface area (Å²) >= 11 is 0. The van der Waals surface area contributed by atoms with Gasteiger partial charge in [-0.3, -0.25) is 14.6 Å². The summed E-state index contributed by atoms with van der Waals surface area (Å²) in [5.41, 5.74) is 7.19. The van der Waals surface area contributed by atoms with Crippen molar-refractivity contribution in [3.8, 4) is 0 Å². The van der Waals surface area contributed by atoms with Gasteiger partial charge in [0.1, 0.15) is 0 Å². The number of aromatic nitrogens is 1. The maximum absolute atomic E-state index is 12.0. The number of carbonyl (C=O) groups is 2. The zero-order valence-corrected chi connectivity index (χ0v) is 10.4. The molecule has 19 heavy (non-hydrogen) atoms. The smallest absolute Gasteiger partial charge is 0.257 e. The van der Waals surface area contributed by atoms with Crippen LogP contribution in [0.15, 0.2) is 42.7 Å². The van der Waals surface area contributed by atoms with Crippen LogP contribution in [0.5, 0.6) is 0 Å². The largest absolute Gasteiger partial charge is 0.366 e. The van der Waals surface area contributed by atoms with Crippen LogP contribution in [0.4, 0.5) is 5.69 Å². The topological polar surface area (TPSA) is 85.1 Å². The van der Waals surface area contributed by atoms with Crippen LogP contribution in [0.25, 0.3) is 0 Å². The molecule has 0 aliphatic rings. The maximum Gasteiger partial charge on any atom is 0.257 e. The Morgan fingerprint density at radius 2 is 2.00 bits per heavy atom. The van der Waals surface area contributed by atoms with E-state index in [0.717, 1.165) is 5.56 Å². The summed E-state index contributed by atoms with van der Waals surface area (Å²) in [5, 5.41) is 2.67. The van der Waals surface area contributed by atoms with Crippen molar-refractivity contribution in [1.29, 1.82) is 0 Å². The molecule has 96 valence electrons. The van der Waals surface area contributed by atoms with Gasteiger partial charge in [-0.1, -0.05) is 12.1 Å². The molecular weight excluding hydrogens is 242 g/mol. The van der Waals surface area contributed by atoms with E-state index in [-0.39, 0.29) is 5.91 Å². The molecule has 0 bridgehead atoms. The van der Waals surface area contributed by atoms with Crippen molar-refractivity contribution < 1.29 is 9.59 Å². The van der Waals surface area contributed by atoms with Gasteiger partial charge in [0.05, 0.1) is 16.8 Å². The predicted octanol–water partition coefficient (Wildman–Crippen LogP) is 1.74. The molecule has 0 aliphatic carbocycles. The zero-order chi connectivity index (χ0) is 13.8. The minimum Gasteiger partial charge on any atom is -0.366 e. The fourth-order valence-electron chi connectivity index (χ4n) is 1.79. The molecular formula is C14H13N3O2. The summed E-state index contributed by atoms with van der Waals surface area (Å²) < 4.78 is 0. The second-order valence-electron chi connectivity index (χ2n) is 4.06. The summed E-state index contributed by atoms with van der Waals surface area (Å²) in [7, 11) is 0. The third-order valence-corrected chi connectivity index (χ3v) is 2.69. The molecule has 2 aromatic rings. The Kier molecular flexibility index (Phi) is 3.56. The van der Waals surface area contributed by atoms with Crippen molar-refractivity contribution in [1.82, 2.24) is 4.98 Å². The molecule has 0 radical (unpaired) electrons. The first-order valence-corrected chi connectivity index (χ1v) is 5.70. The molecule has 0 unspecified atom stereocenters. The molecule has 0 spiro atoms. The second kappa shape index (κ2) is 5.30. The number of benzene rings is 1. The van der Waals surface area contributed by atoms with Crippen LogP contribution < -0.4 is 11.1 Å². The monoisotopic (exact) mass is 255 g/mol. The molecule has 1 heterocycles. The van der Waals surface area contributed by atoms with Crippen LogP contribution >= 0.6 is 0 Å². The average molecular weight is 255 g/mol. The van der Waals surface area contributed by atoms with Crippen LogP contribution in [0.2, 0.25) is 0 Å². The number of rotatable bonds is 3. The van der Waals surface area contributed by atoms with Crippen molar-refractivity contribution in [3.63, 3.8) is 0 Å². The number of aryl methyl sites for hydroxylation is 1.